The molecule has 1 amide bonds. The van der Waals surface area contributed by atoms with Crippen LogP contribution in [-0.4, -0.2) is 38.7 Å². The first-order valence-electron chi connectivity index (χ1n) is 4.69. The van der Waals surface area contributed by atoms with Crippen LogP contribution >= 0.6 is 0 Å². The lowest BCUT2D eigenvalue weighted by atomic mass is 10.1. The summed E-state index contributed by atoms with van der Waals surface area (Å²) in [6.45, 7) is 1.27. The molecule has 0 spiro atoms. The SMILES string of the molecule is CC(=O)NCC(O)C(O)c1ccnc(N)n1. The highest BCUT2D eigenvalue weighted by Crippen LogP contribution is 2.13. The van der Waals surface area contributed by atoms with E-state index in [-0.39, 0.29) is 24.1 Å². The number of aromatic nitrogens is 2. The second kappa shape index (κ2) is 5.38. The predicted octanol–water partition coefficient (Wildman–Crippen LogP) is -1.41. The van der Waals surface area contributed by atoms with Gasteiger partial charge < -0.3 is 21.3 Å². The topological polar surface area (TPSA) is 121 Å². The number of anilines is 1. The van der Waals surface area contributed by atoms with Gasteiger partial charge in [-0.25, -0.2) is 9.97 Å². The number of hydrogen-bond donors (Lipinski definition) is 4. The summed E-state index contributed by atoms with van der Waals surface area (Å²) < 4.78 is 0. The molecule has 0 aromatic carbocycles. The van der Waals surface area contributed by atoms with Gasteiger partial charge in [0.15, 0.2) is 0 Å². The van der Waals surface area contributed by atoms with E-state index in [2.05, 4.69) is 15.3 Å². The normalized spacial score (nSPS) is 14.2. The molecular formula is C9H14N4O3. The van der Waals surface area contributed by atoms with Gasteiger partial charge in [0.2, 0.25) is 11.9 Å². The van der Waals surface area contributed by atoms with Crippen LogP contribution in [-0.2, 0) is 4.79 Å². The second-order valence-corrected chi connectivity index (χ2v) is 3.29. The molecule has 0 radical (unpaired) electrons. The predicted molar refractivity (Wildman–Crippen MR) is 56.1 cm³/mol. The minimum absolute atomic E-state index is 0.0169. The van der Waals surface area contributed by atoms with E-state index in [1.54, 1.807) is 0 Å². The van der Waals surface area contributed by atoms with E-state index >= 15 is 0 Å². The van der Waals surface area contributed by atoms with Gasteiger partial charge in [0.05, 0.1) is 5.69 Å². The van der Waals surface area contributed by atoms with Crippen LogP contribution in [0.3, 0.4) is 0 Å². The first-order valence-corrected chi connectivity index (χ1v) is 4.69. The van der Waals surface area contributed by atoms with Crippen molar-refractivity contribution in [1.82, 2.24) is 15.3 Å². The Morgan fingerprint density at radius 3 is 2.88 bits per heavy atom. The van der Waals surface area contributed by atoms with Crippen LogP contribution in [0.15, 0.2) is 12.3 Å². The van der Waals surface area contributed by atoms with E-state index in [0.29, 0.717) is 0 Å². The zero-order valence-electron chi connectivity index (χ0n) is 8.79. The number of rotatable bonds is 4. The van der Waals surface area contributed by atoms with Crippen molar-refractivity contribution in [2.24, 2.45) is 0 Å². The van der Waals surface area contributed by atoms with Crippen LogP contribution < -0.4 is 11.1 Å². The van der Waals surface area contributed by atoms with E-state index < -0.39 is 12.2 Å². The van der Waals surface area contributed by atoms with Crippen molar-refractivity contribution in [3.8, 4) is 0 Å². The highest BCUT2D eigenvalue weighted by Gasteiger charge is 2.20. The molecule has 5 N–H and O–H groups in total. The number of carbonyl (C=O) groups excluding carboxylic acids is 1. The smallest absolute Gasteiger partial charge is 0.220 e. The molecule has 2 unspecified atom stereocenters. The summed E-state index contributed by atoms with van der Waals surface area (Å²) in [7, 11) is 0. The molecule has 0 aliphatic heterocycles. The Morgan fingerprint density at radius 2 is 2.31 bits per heavy atom. The van der Waals surface area contributed by atoms with Gasteiger partial charge in [0, 0.05) is 19.7 Å². The summed E-state index contributed by atoms with van der Waals surface area (Å²) in [4.78, 5) is 18.0. The monoisotopic (exact) mass is 226 g/mol. The lowest BCUT2D eigenvalue weighted by Gasteiger charge is -2.17. The van der Waals surface area contributed by atoms with Gasteiger partial charge in [-0.15, -0.1) is 0 Å². The van der Waals surface area contributed by atoms with Gasteiger partial charge in [-0.3, -0.25) is 4.79 Å². The molecule has 0 aliphatic carbocycles. The molecule has 0 aliphatic rings. The number of nitrogen functional groups attached to an aromatic ring is 1. The minimum Gasteiger partial charge on any atom is -0.388 e. The van der Waals surface area contributed by atoms with E-state index in [9.17, 15) is 15.0 Å². The number of amides is 1. The van der Waals surface area contributed by atoms with Crippen molar-refractivity contribution in [3.63, 3.8) is 0 Å². The van der Waals surface area contributed by atoms with Gasteiger partial charge in [-0.1, -0.05) is 0 Å². The zero-order valence-corrected chi connectivity index (χ0v) is 8.79. The molecule has 1 aromatic rings. The Balaban J connectivity index is 2.62. The molecule has 0 fully saturated rings. The Kier molecular flexibility index (Phi) is 4.15. The molecule has 16 heavy (non-hydrogen) atoms. The molecular weight excluding hydrogens is 212 g/mol. The van der Waals surface area contributed by atoms with Crippen molar-refractivity contribution in [1.29, 1.82) is 0 Å². The molecule has 1 rings (SSSR count). The van der Waals surface area contributed by atoms with Crippen LogP contribution in [0, 0.1) is 0 Å². The Morgan fingerprint density at radius 1 is 1.62 bits per heavy atom. The number of nitrogens with two attached hydrogens (primary N) is 1. The first-order chi connectivity index (χ1) is 7.50. The third kappa shape index (κ3) is 3.44. The standard InChI is InChI=1S/C9H14N4O3/c1-5(14)12-4-7(15)8(16)6-2-3-11-9(10)13-6/h2-3,7-8,15-16H,4H2,1H3,(H,12,14)(H2,10,11,13). The van der Waals surface area contributed by atoms with Gasteiger partial charge in [0.25, 0.3) is 0 Å². The molecule has 0 saturated carbocycles. The summed E-state index contributed by atoms with van der Waals surface area (Å²) in [6.07, 6.45) is -0.971. The van der Waals surface area contributed by atoms with Gasteiger partial charge >= 0.3 is 0 Å². The Hall–Kier alpha value is -1.73. The van der Waals surface area contributed by atoms with Crippen molar-refractivity contribution in [2.75, 3.05) is 12.3 Å². The number of hydrogen-bond acceptors (Lipinski definition) is 6. The molecule has 2 atom stereocenters. The number of carbonyl (C=O) groups is 1. The van der Waals surface area contributed by atoms with E-state index in [1.807, 2.05) is 0 Å². The highest BCUT2D eigenvalue weighted by molar-refractivity contribution is 5.72. The van der Waals surface area contributed by atoms with Crippen LogP contribution in [0.4, 0.5) is 5.95 Å². The third-order valence-electron chi connectivity index (χ3n) is 1.92. The van der Waals surface area contributed by atoms with Crippen LogP contribution in [0.2, 0.25) is 0 Å². The fraction of sp³-hybridized carbons (Fsp3) is 0.444. The molecule has 1 aromatic heterocycles. The van der Waals surface area contributed by atoms with Crippen molar-refractivity contribution in [2.45, 2.75) is 19.1 Å². The van der Waals surface area contributed by atoms with Crippen LogP contribution in [0.5, 0.6) is 0 Å². The lowest BCUT2D eigenvalue weighted by Crippen LogP contribution is -2.34. The number of aliphatic hydroxyl groups excluding tert-OH is 2. The van der Waals surface area contributed by atoms with Gasteiger partial charge in [-0.05, 0) is 6.07 Å². The second-order valence-electron chi connectivity index (χ2n) is 3.29. The third-order valence-corrected chi connectivity index (χ3v) is 1.92. The maximum Gasteiger partial charge on any atom is 0.220 e. The minimum atomic E-state index is -1.21. The molecule has 1 heterocycles. The first kappa shape index (κ1) is 12.3. The van der Waals surface area contributed by atoms with Crippen molar-refractivity contribution < 1.29 is 15.0 Å². The fourth-order valence-electron chi connectivity index (χ4n) is 1.11. The molecule has 7 heteroatoms. The fourth-order valence-corrected chi connectivity index (χ4v) is 1.11. The molecule has 88 valence electrons. The van der Waals surface area contributed by atoms with Gasteiger partial charge in [0.1, 0.15) is 12.2 Å². The largest absolute Gasteiger partial charge is 0.388 e. The average Bonchev–Trinajstić information content (AvgIpc) is 2.24. The van der Waals surface area contributed by atoms with E-state index in [4.69, 9.17) is 5.73 Å². The van der Waals surface area contributed by atoms with Crippen LogP contribution in [0.1, 0.15) is 18.7 Å². The lowest BCUT2D eigenvalue weighted by molar-refractivity contribution is -0.119. The van der Waals surface area contributed by atoms with E-state index in [0.717, 1.165) is 0 Å². The molecule has 0 bridgehead atoms. The summed E-state index contributed by atoms with van der Waals surface area (Å²) in [5.41, 5.74) is 5.55. The summed E-state index contributed by atoms with van der Waals surface area (Å²) in [5.74, 6) is -0.267. The number of aliphatic hydroxyl groups is 2. The summed E-state index contributed by atoms with van der Waals surface area (Å²) in [5, 5.41) is 21.6. The maximum atomic E-state index is 10.6. The average molecular weight is 226 g/mol. The maximum absolute atomic E-state index is 10.6. The molecule has 0 saturated heterocycles. The van der Waals surface area contributed by atoms with E-state index in [1.165, 1.54) is 19.2 Å². The quantitative estimate of drug-likeness (QED) is 0.500. The van der Waals surface area contributed by atoms with Gasteiger partial charge in [-0.2, -0.15) is 0 Å². The Labute approximate surface area is 92.3 Å². The van der Waals surface area contributed by atoms with Crippen molar-refractivity contribution in [3.05, 3.63) is 18.0 Å². The zero-order chi connectivity index (χ0) is 12.1. The Bertz CT molecular complexity index is 372. The van der Waals surface area contributed by atoms with Crippen molar-refractivity contribution >= 4 is 11.9 Å². The highest BCUT2D eigenvalue weighted by atomic mass is 16.3. The van der Waals surface area contributed by atoms with Crippen LogP contribution in [0.25, 0.3) is 0 Å². The number of nitrogens with one attached hydrogen (secondary N) is 1. The summed E-state index contributed by atoms with van der Waals surface area (Å²) in [6, 6.07) is 1.44. The molecule has 7 nitrogen and oxygen atoms in total. The number of nitrogens with zero attached hydrogens (tertiary/aromatic N) is 2. The summed E-state index contributed by atoms with van der Waals surface area (Å²) >= 11 is 0.